The first kappa shape index (κ1) is 29.8. The summed E-state index contributed by atoms with van der Waals surface area (Å²) in [5.41, 5.74) is 3.63. The Hall–Kier alpha value is -3.91. The van der Waals surface area contributed by atoms with Gasteiger partial charge in [0.05, 0.1) is 30.2 Å². The number of hydrogen-bond acceptors (Lipinski definition) is 10. The molecule has 2 aromatic carbocycles. The van der Waals surface area contributed by atoms with E-state index < -0.39 is 9.84 Å². The van der Waals surface area contributed by atoms with Crippen molar-refractivity contribution in [2.24, 2.45) is 0 Å². The summed E-state index contributed by atoms with van der Waals surface area (Å²) in [4.78, 5) is 19.3. The summed E-state index contributed by atoms with van der Waals surface area (Å²) >= 11 is 6.01. The molecule has 0 saturated carbocycles. The highest BCUT2D eigenvalue weighted by atomic mass is 35.5. The maximum absolute atomic E-state index is 11.9. The van der Waals surface area contributed by atoms with E-state index in [9.17, 15) is 8.42 Å². The molecule has 1 atom stereocenters. The number of benzene rings is 2. The smallest absolute Gasteiger partial charge is 0.247 e. The summed E-state index contributed by atoms with van der Waals surface area (Å²) in [5, 5.41) is 8.39. The van der Waals surface area contributed by atoms with E-state index in [0.29, 0.717) is 35.5 Å². The predicted molar refractivity (Wildman–Crippen MR) is 168 cm³/mol. The van der Waals surface area contributed by atoms with Crippen molar-refractivity contribution in [2.75, 3.05) is 26.0 Å². The fourth-order valence-electron chi connectivity index (χ4n) is 5.70. The van der Waals surface area contributed by atoms with E-state index in [2.05, 4.69) is 34.6 Å². The molecule has 3 aromatic heterocycles. The van der Waals surface area contributed by atoms with Gasteiger partial charge in [-0.1, -0.05) is 23.7 Å². The molecule has 0 amide bonds. The van der Waals surface area contributed by atoms with Gasteiger partial charge >= 0.3 is 0 Å². The minimum Gasteiger partial charge on any atom is -0.474 e. The van der Waals surface area contributed by atoms with E-state index in [1.54, 1.807) is 6.20 Å². The Kier molecular flexibility index (Phi) is 8.25. The van der Waals surface area contributed by atoms with Gasteiger partial charge in [0.25, 0.3) is 0 Å². The number of piperidine rings is 1. The first-order valence-electron chi connectivity index (χ1n) is 15.0. The zero-order chi connectivity index (χ0) is 31.0. The molecule has 12 nitrogen and oxygen atoms in total. The largest absolute Gasteiger partial charge is 0.474 e. The van der Waals surface area contributed by atoms with Gasteiger partial charge in [-0.15, -0.1) is 10.2 Å². The normalized spacial score (nSPS) is 17.9. The van der Waals surface area contributed by atoms with Crippen LogP contribution in [0.1, 0.15) is 36.5 Å². The van der Waals surface area contributed by atoms with Crippen molar-refractivity contribution in [3.8, 4) is 17.3 Å². The average Bonchev–Trinajstić information content (AvgIpc) is 3.63. The second-order valence-electron chi connectivity index (χ2n) is 11.6. The summed E-state index contributed by atoms with van der Waals surface area (Å²) in [7, 11) is -3.49. The number of aromatic amines is 1. The van der Waals surface area contributed by atoms with Crippen LogP contribution in [0.4, 0.5) is 0 Å². The molecule has 14 heteroatoms. The minimum atomic E-state index is -3.49. The minimum absolute atomic E-state index is 0.0722. The molecule has 2 aliphatic heterocycles. The molecule has 45 heavy (non-hydrogen) atoms. The highest BCUT2D eigenvalue weighted by Crippen LogP contribution is 2.27. The van der Waals surface area contributed by atoms with Gasteiger partial charge in [0.15, 0.2) is 5.82 Å². The Morgan fingerprint density at radius 2 is 1.84 bits per heavy atom. The van der Waals surface area contributed by atoms with E-state index >= 15 is 0 Å². The van der Waals surface area contributed by atoms with Crippen molar-refractivity contribution < 1.29 is 17.9 Å². The lowest BCUT2D eigenvalue weighted by Gasteiger charge is -2.32. The summed E-state index contributed by atoms with van der Waals surface area (Å²) in [6.07, 6.45) is 6.48. The van der Waals surface area contributed by atoms with E-state index in [-0.39, 0.29) is 17.4 Å². The van der Waals surface area contributed by atoms with Crippen LogP contribution in [0, 0.1) is 0 Å². The number of imidazole rings is 1. The molecule has 0 aliphatic carbocycles. The Morgan fingerprint density at radius 3 is 2.56 bits per heavy atom. The third-order valence-electron chi connectivity index (χ3n) is 8.24. The van der Waals surface area contributed by atoms with Crippen LogP contribution in [-0.2, 0) is 34.1 Å². The maximum atomic E-state index is 11.9. The van der Waals surface area contributed by atoms with Crippen LogP contribution < -0.4 is 4.74 Å². The van der Waals surface area contributed by atoms with Crippen molar-refractivity contribution in [3.05, 3.63) is 77.0 Å². The number of ether oxygens (including phenoxy) is 2. The molecule has 1 N–H and O–H groups in total. The molecule has 2 aliphatic rings. The standard InChI is InChI=1S/C31H33ClN8O4S/c1-45(41,42)31-36-30(37-38-31)21-4-7-26-25(17-21)34-28(40(26)18-24-11-15-43-24)19-39-13-9-23(10-14-39)44-29-8-12-33-27(35-29)16-20-2-5-22(32)6-3-20/h2-8,12,17,23-24H,9-11,13-16,18-19H2,1H3,(H,36,37,38)/t24-/m0/s1. The first-order valence-corrected chi connectivity index (χ1v) is 17.2. The third-order valence-corrected chi connectivity index (χ3v) is 9.38. The van der Waals surface area contributed by atoms with Crippen LogP contribution in [0.3, 0.4) is 0 Å². The lowest BCUT2D eigenvalue weighted by molar-refractivity contribution is -0.0592. The molecule has 0 radical (unpaired) electrons. The van der Waals surface area contributed by atoms with Gasteiger partial charge < -0.3 is 19.0 Å². The zero-order valence-electron chi connectivity index (χ0n) is 24.8. The molecule has 2 fully saturated rings. The van der Waals surface area contributed by atoms with E-state index in [1.807, 2.05) is 48.5 Å². The Bertz CT molecular complexity index is 1920. The molecule has 5 heterocycles. The molecule has 234 valence electrons. The number of sulfone groups is 1. The highest BCUT2D eigenvalue weighted by molar-refractivity contribution is 7.90. The van der Waals surface area contributed by atoms with Gasteiger partial charge in [-0.2, -0.15) is 4.98 Å². The van der Waals surface area contributed by atoms with Crippen LogP contribution in [0.2, 0.25) is 5.02 Å². The van der Waals surface area contributed by atoms with E-state index in [0.717, 1.165) is 79.7 Å². The maximum Gasteiger partial charge on any atom is 0.247 e. The molecule has 0 bridgehead atoms. The van der Waals surface area contributed by atoms with Gasteiger partial charge in [0.1, 0.15) is 17.8 Å². The van der Waals surface area contributed by atoms with Crippen LogP contribution in [0.25, 0.3) is 22.4 Å². The van der Waals surface area contributed by atoms with Gasteiger partial charge in [-0.3, -0.25) is 4.90 Å². The lowest BCUT2D eigenvalue weighted by Crippen LogP contribution is -2.39. The lowest BCUT2D eigenvalue weighted by atomic mass is 10.1. The SMILES string of the molecule is CS(=O)(=O)c1nnc(-c2ccc3c(c2)nc(CN2CCC(Oc4ccnc(Cc5ccc(Cl)cc5)n4)CC2)n3C[C@@H]2CCO2)[nH]1. The molecule has 5 aromatic rings. The Labute approximate surface area is 265 Å². The van der Waals surface area contributed by atoms with Crippen molar-refractivity contribution in [3.63, 3.8) is 0 Å². The van der Waals surface area contributed by atoms with Crippen molar-refractivity contribution >= 4 is 32.5 Å². The fraction of sp³-hybridized carbons (Fsp3) is 0.387. The average molecular weight is 649 g/mol. The summed E-state index contributed by atoms with van der Waals surface area (Å²) < 4.78 is 38.1. The third kappa shape index (κ3) is 6.86. The fourth-order valence-corrected chi connectivity index (χ4v) is 6.30. The van der Waals surface area contributed by atoms with Crippen molar-refractivity contribution in [1.29, 1.82) is 0 Å². The van der Waals surface area contributed by atoms with Crippen LogP contribution in [-0.4, -0.2) is 86.2 Å². The summed E-state index contributed by atoms with van der Waals surface area (Å²) in [5.74, 6) is 2.66. The highest BCUT2D eigenvalue weighted by Gasteiger charge is 2.26. The number of halogens is 1. The molecule has 2 saturated heterocycles. The van der Waals surface area contributed by atoms with Crippen LogP contribution in [0.5, 0.6) is 5.88 Å². The second kappa shape index (κ2) is 12.5. The first-order chi connectivity index (χ1) is 21.8. The summed E-state index contributed by atoms with van der Waals surface area (Å²) in [6, 6.07) is 15.4. The topological polar surface area (TPSA) is 141 Å². The van der Waals surface area contributed by atoms with Crippen LogP contribution in [0.15, 0.2) is 59.9 Å². The molecule has 0 unspecified atom stereocenters. The number of fused-ring (bicyclic) bond motifs is 1. The number of nitrogens with zero attached hydrogens (tertiary/aromatic N) is 7. The predicted octanol–water partition coefficient (Wildman–Crippen LogP) is 4.09. The van der Waals surface area contributed by atoms with E-state index in [4.69, 9.17) is 26.1 Å². The molecule has 7 rings (SSSR count). The molecular weight excluding hydrogens is 616 g/mol. The van der Waals surface area contributed by atoms with Gasteiger partial charge in [0, 0.05) is 55.2 Å². The van der Waals surface area contributed by atoms with Crippen LogP contribution >= 0.6 is 11.6 Å². The monoisotopic (exact) mass is 648 g/mol. The number of rotatable bonds is 10. The van der Waals surface area contributed by atoms with E-state index in [1.165, 1.54) is 0 Å². The zero-order valence-corrected chi connectivity index (χ0v) is 26.3. The quantitative estimate of drug-likeness (QED) is 0.235. The molecular formula is C31H33ClN8O4S. The Morgan fingerprint density at radius 1 is 1.04 bits per heavy atom. The van der Waals surface area contributed by atoms with Crippen molar-refractivity contribution in [1.82, 2.24) is 39.6 Å². The second-order valence-corrected chi connectivity index (χ2v) is 13.9. The van der Waals surface area contributed by atoms with Gasteiger partial charge in [-0.25, -0.2) is 18.4 Å². The number of aromatic nitrogens is 7. The number of likely N-dealkylation sites (tertiary alicyclic amines) is 1. The number of nitrogens with one attached hydrogen (secondary N) is 1. The summed E-state index contributed by atoms with van der Waals surface area (Å²) in [6.45, 7) is 3.95. The van der Waals surface area contributed by atoms with Gasteiger partial charge in [0.2, 0.25) is 20.9 Å². The Balaban J connectivity index is 1.02. The number of H-pyrrole nitrogens is 1. The molecule has 0 spiro atoms. The number of hydrogen-bond donors (Lipinski definition) is 1. The van der Waals surface area contributed by atoms with Crippen molar-refractivity contribution in [2.45, 2.75) is 56.1 Å². The van der Waals surface area contributed by atoms with Gasteiger partial charge in [-0.05, 0) is 55.2 Å².